The number of hydrogen-bond donors (Lipinski definition) is 2. The van der Waals surface area contributed by atoms with Crippen LogP contribution in [0, 0.1) is 0 Å². The molecule has 1 aliphatic heterocycles. The first-order chi connectivity index (χ1) is 8.03. The summed E-state index contributed by atoms with van der Waals surface area (Å²) in [5.41, 5.74) is -0.584. The molecule has 0 radical (unpaired) electrons. The van der Waals surface area contributed by atoms with Crippen LogP contribution < -0.4 is 10.6 Å². The first kappa shape index (κ1) is 12.0. The number of hydrogen-bond acceptors (Lipinski definition) is 6. The fraction of sp³-hybridized carbons (Fsp3) is 0.700. The number of ether oxygens (including phenoxy) is 1. The van der Waals surface area contributed by atoms with Gasteiger partial charge in [-0.25, -0.2) is 0 Å². The highest BCUT2D eigenvalue weighted by Crippen LogP contribution is 2.22. The number of piperazine rings is 1. The molecule has 1 saturated heterocycles. The lowest BCUT2D eigenvalue weighted by molar-refractivity contribution is -0.121. The topological polar surface area (TPSA) is 89.3 Å². The van der Waals surface area contributed by atoms with Crippen molar-refractivity contribution < 1.29 is 14.1 Å². The molecule has 7 nitrogen and oxygen atoms in total. The molecule has 2 rings (SSSR count). The minimum absolute atomic E-state index is 0.0294. The van der Waals surface area contributed by atoms with E-state index in [-0.39, 0.29) is 18.5 Å². The molecule has 0 saturated carbocycles. The zero-order valence-electron chi connectivity index (χ0n) is 10.1. The fourth-order valence-corrected chi connectivity index (χ4v) is 1.45. The van der Waals surface area contributed by atoms with Crippen LogP contribution in [0.3, 0.4) is 0 Å². The van der Waals surface area contributed by atoms with Gasteiger partial charge < -0.3 is 14.6 Å². The smallest absolute Gasteiger partial charge is 0.245 e. The molecule has 0 aromatic carbocycles. The van der Waals surface area contributed by atoms with Crippen LogP contribution in [-0.2, 0) is 15.1 Å². The summed E-state index contributed by atoms with van der Waals surface area (Å²) < 4.78 is 10.4. The zero-order chi connectivity index (χ0) is 12.5. The molecule has 1 aromatic rings. The van der Waals surface area contributed by atoms with Gasteiger partial charge >= 0.3 is 0 Å². The van der Waals surface area contributed by atoms with Gasteiger partial charge in [0, 0.05) is 13.7 Å². The fourth-order valence-electron chi connectivity index (χ4n) is 1.45. The Labute approximate surface area is 98.9 Å². The molecular weight excluding hydrogens is 224 g/mol. The highest BCUT2D eigenvalue weighted by atomic mass is 16.5. The van der Waals surface area contributed by atoms with E-state index in [0.29, 0.717) is 18.3 Å². The summed E-state index contributed by atoms with van der Waals surface area (Å²) >= 11 is 0. The van der Waals surface area contributed by atoms with Gasteiger partial charge in [-0.3, -0.25) is 10.1 Å². The molecule has 0 aliphatic carbocycles. The first-order valence-electron chi connectivity index (χ1n) is 5.42. The van der Waals surface area contributed by atoms with E-state index < -0.39 is 5.60 Å². The number of amides is 1. The molecular formula is C10H16N4O3. The van der Waals surface area contributed by atoms with E-state index >= 15 is 0 Å². The predicted octanol–water partition coefficient (Wildman–Crippen LogP) is -0.288. The van der Waals surface area contributed by atoms with E-state index in [1.54, 1.807) is 7.11 Å². The zero-order valence-corrected chi connectivity index (χ0v) is 10.1. The number of aromatic nitrogens is 2. The average Bonchev–Trinajstić information content (AvgIpc) is 2.80. The molecule has 1 unspecified atom stereocenters. The van der Waals surface area contributed by atoms with E-state index in [4.69, 9.17) is 9.26 Å². The van der Waals surface area contributed by atoms with Crippen LogP contribution >= 0.6 is 0 Å². The Morgan fingerprint density at radius 2 is 2.29 bits per heavy atom. The summed E-state index contributed by atoms with van der Waals surface area (Å²) in [6.07, 6.45) is 0. The summed E-state index contributed by atoms with van der Waals surface area (Å²) in [5, 5.41) is 9.64. The van der Waals surface area contributed by atoms with E-state index in [9.17, 15) is 4.79 Å². The van der Waals surface area contributed by atoms with Crippen molar-refractivity contribution in [1.29, 1.82) is 0 Å². The monoisotopic (exact) mass is 240 g/mol. The third kappa shape index (κ3) is 2.45. The molecule has 2 heterocycles. The standard InChI is InChI=1S/C10H16N4O3/c1-10(2,16-3)9-13-8(17-14-9)6-4-12-7(15)5-11-6/h6,11H,4-5H2,1-3H3,(H,12,15). The highest BCUT2D eigenvalue weighted by molar-refractivity contribution is 5.78. The van der Waals surface area contributed by atoms with Crippen molar-refractivity contribution in [2.45, 2.75) is 25.5 Å². The second kappa shape index (κ2) is 4.42. The maximum atomic E-state index is 11.0. The first-order valence-corrected chi connectivity index (χ1v) is 5.42. The van der Waals surface area contributed by atoms with Gasteiger partial charge in [-0.15, -0.1) is 0 Å². The van der Waals surface area contributed by atoms with Crippen molar-refractivity contribution in [2.75, 3.05) is 20.2 Å². The maximum absolute atomic E-state index is 11.0. The van der Waals surface area contributed by atoms with Gasteiger partial charge in [-0.2, -0.15) is 4.98 Å². The van der Waals surface area contributed by atoms with Crippen molar-refractivity contribution in [3.8, 4) is 0 Å². The van der Waals surface area contributed by atoms with E-state index in [0.717, 1.165) is 0 Å². The van der Waals surface area contributed by atoms with Gasteiger partial charge in [0.2, 0.25) is 17.6 Å². The number of rotatable bonds is 3. The SMILES string of the molecule is COC(C)(C)c1noc(C2CNC(=O)CN2)n1. The maximum Gasteiger partial charge on any atom is 0.245 e. The largest absolute Gasteiger partial charge is 0.371 e. The van der Waals surface area contributed by atoms with Gasteiger partial charge in [-0.1, -0.05) is 5.16 Å². The Bertz CT molecular complexity index is 405. The number of methoxy groups -OCH3 is 1. The van der Waals surface area contributed by atoms with E-state index in [1.165, 1.54) is 0 Å². The quantitative estimate of drug-likeness (QED) is 0.754. The summed E-state index contributed by atoms with van der Waals surface area (Å²) in [6, 6.07) is -0.137. The van der Waals surface area contributed by atoms with Crippen molar-refractivity contribution >= 4 is 5.91 Å². The third-order valence-corrected chi connectivity index (χ3v) is 2.80. The summed E-state index contributed by atoms with van der Waals surface area (Å²) in [6.45, 7) is 4.43. The van der Waals surface area contributed by atoms with Crippen LogP contribution in [0.15, 0.2) is 4.52 Å². The molecule has 0 spiro atoms. The number of nitrogens with zero attached hydrogens (tertiary/aromatic N) is 2. The summed E-state index contributed by atoms with van der Waals surface area (Å²) in [7, 11) is 1.59. The summed E-state index contributed by atoms with van der Waals surface area (Å²) in [4.78, 5) is 15.3. The minimum atomic E-state index is -0.584. The normalized spacial score (nSPS) is 21.4. The van der Waals surface area contributed by atoms with E-state index in [2.05, 4.69) is 20.8 Å². The van der Waals surface area contributed by atoms with Gasteiger partial charge in [0.15, 0.2) is 0 Å². The molecule has 1 fully saturated rings. The van der Waals surface area contributed by atoms with E-state index in [1.807, 2.05) is 13.8 Å². The molecule has 94 valence electrons. The molecule has 17 heavy (non-hydrogen) atoms. The number of carbonyl (C=O) groups excluding carboxylic acids is 1. The van der Waals surface area contributed by atoms with Crippen molar-refractivity contribution in [2.24, 2.45) is 0 Å². The molecule has 1 aromatic heterocycles. The van der Waals surface area contributed by atoms with Crippen LogP contribution in [0.4, 0.5) is 0 Å². The molecule has 0 bridgehead atoms. The van der Waals surface area contributed by atoms with Crippen molar-refractivity contribution in [1.82, 2.24) is 20.8 Å². The number of carbonyl (C=O) groups is 1. The summed E-state index contributed by atoms with van der Waals surface area (Å²) in [5.74, 6) is 0.928. The van der Waals surface area contributed by atoms with Crippen molar-refractivity contribution in [3.63, 3.8) is 0 Å². The van der Waals surface area contributed by atoms with Crippen LogP contribution in [0.2, 0.25) is 0 Å². The Morgan fingerprint density at radius 1 is 1.53 bits per heavy atom. The molecule has 1 atom stereocenters. The Kier molecular flexibility index (Phi) is 3.12. The van der Waals surface area contributed by atoms with Crippen LogP contribution in [0.1, 0.15) is 31.6 Å². The predicted molar refractivity (Wildman–Crippen MR) is 58.1 cm³/mol. The second-order valence-electron chi connectivity index (χ2n) is 4.41. The number of nitrogens with one attached hydrogen (secondary N) is 2. The molecule has 1 aliphatic rings. The molecule has 2 N–H and O–H groups in total. The van der Waals surface area contributed by atoms with Gasteiger partial charge in [-0.05, 0) is 13.8 Å². The third-order valence-electron chi connectivity index (χ3n) is 2.80. The molecule has 1 amide bonds. The Hall–Kier alpha value is -1.47. The van der Waals surface area contributed by atoms with Gasteiger partial charge in [0.1, 0.15) is 11.6 Å². The van der Waals surface area contributed by atoms with Crippen molar-refractivity contribution in [3.05, 3.63) is 11.7 Å². The second-order valence-corrected chi connectivity index (χ2v) is 4.41. The Morgan fingerprint density at radius 3 is 2.88 bits per heavy atom. The minimum Gasteiger partial charge on any atom is -0.371 e. The van der Waals surface area contributed by atoms with Gasteiger partial charge in [0.05, 0.1) is 6.54 Å². The lowest BCUT2D eigenvalue weighted by atomic mass is 10.1. The van der Waals surface area contributed by atoms with Crippen LogP contribution in [0.5, 0.6) is 0 Å². The average molecular weight is 240 g/mol. The lowest BCUT2D eigenvalue weighted by Gasteiger charge is -2.21. The highest BCUT2D eigenvalue weighted by Gasteiger charge is 2.29. The molecule has 7 heteroatoms. The van der Waals surface area contributed by atoms with Crippen LogP contribution in [-0.4, -0.2) is 36.2 Å². The van der Waals surface area contributed by atoms with Gasteiger partial charge in [0.25, 0.3) is 0 Å². The van der Waals surface area contributed by atoms with Crippen LogP contribution in [0.25, 0.3) is 0 Å². The lowest BCUT2D eigenvalue weighted by Crippen LogP contribution is -2.47. The Balaban J connectivity index is 2.11.